The Balaban J connectivity index is 1.61. The highest BCUT2D eigenvalue weighted by Gasteiger charge is 2.30. The Morgan fingerprint density at radius 2 is 1.93 bits per heavy atom. The van der Waals surface area contributed by atoms with Gasteiger partial charge < -0.3 is 14.6 Å². The number of ether oxygens (including phenoxy) is 1. The first-order valence-corrected chi connectivity index (χ1v) is 9.07. The molecule has 1 amide bonds. The first-order chi connectivity index (χ1) is 14.2. The third-order valence-electron chi connectivity index (χ3n) is 4.16. The Labute approximate surface area is 170 Å². The number of carbonyl (C=O) groups is 1. The van der Waals surface area contributed by atoms with E-state index in [-0.39, 0.29) is 24.2 Å². The summed E-state index contributed by atoms with van der Waals surface area (Å²) in [6, 6.07) is 7.06. The Morgan fingerprint density at radius 1 is 1.20 bits per heavy atom. The van der Waals surface area contributed by atoms with Crippen molar-refractivity contribution in [1.82, 2.24) is 20.4 Å². The van der Waals surface area contributed by atoms with Crippen molar-refractivity contribution in [3.05, 3.63) is 60.2 Å². The van der Waals surface area contributed by atoms with Crippen LogP contribution >= 0.6 is 0 Å². The quantitative estimate of drug-likeness (QED) is 0.620. The smallest absolute Gasteiger partial charge is 0.416 e. The maximum absolute atomic E-state index is 12.6. The van der Waals surface area contributed by atoms with E-state index in [0.29, 0.717) is 11.4 Å². The van der Waals surface area contributed by atoms with Gasteiger partial charge in [0.05, 0.1) is 5.56 Å². The molecule has 0 fully saturated rings. The zero-order chi connectivity index (χ0) is 21.7. The fourth-order valence-electron chi connectivity index (χ4n) is 2.59. The van der Waals surface area contributed by atoms with Crippen molar-refractivity contribution in [2.45, 2.75) is 26.1 Å². The highest BCUT2D eigenvalue weighted by molar-refractivity contribution is 5.78. The number of aromatic nitrogens is 3. The first-order valence-electron chi connectivity index (χ1n) is 9.07. The van der Waals surface area contributed by atoms with Crippen LogP contribution in [-0.4, -0.2) is 27.6 Å². The van der Waals surface area contributed by atoms with Crippen LogP contribution in [0.15, 0.2) is 53.3 Å². The van der Waals surface area contributed by atoms with Crippen LogP contribution < -0.4 is 10.1 Å². The Morgan fingerprint density at radius 3 is 2.53 bits per heavy atom. The molecule has 1 N–H and O–H groups in total. The number of rotatable bonds is 7. The SMILES string of the molecule is CC(C)C(NC(=O)COc1ccc(C(F)(F)F)cc1)c1nc(-c2cccnc2)no1. The monoisotopic (exact) mass is 420 g/mol. The second-order valence-corrected chi connectivity index (χ2v) is 6.80. The van der Waals surface area contributed by atoms with Crippen molar-refractivity contribution in [3.8, 4) is 17.1 Å². The second-order valence-electron chi connectivity index (χ2n) is 6.80. The average molecular weight is 420 g/mol. The number of halogens is 3. The minimum absolute atomic E-state index is 0.0674. The van der Waals surface area contributed by atoms with Crippen molar-refractivity contribution < 1.29 is 27.2 Å². The molecular formula is C20H19F3N4O3. The van der Waals surface area contributed by atoms with Gasteiger partial charge >= 0.3 is 6.18 Å². The van der Waals surface area contributed by atoms with Crippen LogP contribution in [0.2, 0.25) is 0 Å². The molecule has 0 aliphatic heterocycles. The molecule has 1 atom stereocenters. The van der Waals surface area contributed by atoms with Crippen LogP contribution in [-0.2, 0) is 11.0 Å². The number of benzene rings is 1. The van der Waals surface area contributed by atoms with Gasteiger partial charge in [0.1, 0.15) is 11.8 Å². The summed E-state index contributed by atoms with van der Waals surface area (Å²) in [6.07, 6.45) is -1.22. The second kappa shape index (κ2) is 8.93. The Kier molecular flexibility index (Phi) is 6.34. The normalized spacial score (nSPS) is 12.6. The minimum Gasteiger partial charge on any atom is -0.484 e. The largest absolute Gasteiger partial charge is 0.484 e. The van der Waals surface area contributed by atoms with Gasteiger partial charge in [-0.1, -0.05) is 19.0 Å². The minimum atomic E-state index is -4.43. The molecule has 1 aromatic carbocycles. The fraction of sp³-hybridized carbons (Fsp3) is 0.300. The average Bonchev–Trinajstić information content (AvgIpc) is 3.20. The molecular weight excluding hydrogens is 401 g/mol. The molecule has 158 valence electrons. The van der Waals surface area contributed by atoms with Crippen LogP contribution in [0.4, 0.5) is 13.2 Å². The van der Waals surface area contributed by atoms with E-state index in [1.165, 1.54) is 0 Å². The molecule has 7 nitrogen and oxygen atoms in total. The van der Waals surface area contributed by atoms with Gasteiger partial charge in [0.2, 0.25) is 11.7 Å². The summed E-state index contributed by atoms with van der Waals surface area (Å²) in [7, 11) is 0. The lowest BCUT2D eigenvalue weighted by Crippen LogP contribution is -2.35. The zero-order valence-electron chi connectivity index (χ0n) is 16.2. The molecule has 0 radical (unpaired) electrons. The topological polar surface area (TPSA) is 90.1 Å². The number of nitrogens with one attached hydrogen (secondary N) is 1. The number of pyridine rings is 1. The van der Waals surface area contributed by atoms with E-state index in [1.54, 1.807) is 24.5 Å². The molecule has 0 aliphatic carbocycles. The van der Waals surface area contributed by atoms with Crippen molar-refractivity contribution in [1.29, 1.82) is 0 Å². The van der Waals surface area contributed by atoms with Crippen LogP contribution in [0, 0.1) is 5.92 Å². The lowest BCUT2D eigenvalue weighted by atomic mass is 10.0. The molecule has 10 heteroatoms. The molecule has 3 rings (SSSR count). The van der Waals surface area contributed by atoms with Crippen LogP contribution in [0.25, 0.3) is 11.4 Å². The maximum Gasteiger partial charge on any atom is 0.416 e. The third-order valence-corrected chi connectivity index (χ3v) is 4.16. The number of hydrogen-bond acceptors (Lipinski definition) is 6. The van der Waals surface area contributed by atoms with Crippen molar-refractivity contribution >= 4 is 5.91 Å². The van der Waals surface area contributed by atoms with E-state index in [0.717, 1.165) is 24.3 Å². The van der Waals surface area contributed by atoms with E-state index in [9.17, 15) is 18.0 Å². The third kappa shape index (κ3) is 5.34. The van der Waals surface area contributed by atoms with Gasteiger partial charge in [-0.25, -0.2) is 0 Å². The predicted molar refractivity (Wildman–Crippen MR) is 100 cm³/mol. The zero-order valence-corrected chi connectivity index (χ0v) is 16.2. The van der Waals surface area contributed by atoms with Gasteiger partial charge in [0.25, 0.3) is 5.91 Å². The predicted octanol–water partition coefficient (Wildman–Crippen LogP) is 4.04. The van der Waals surface area contributed by atoms with Gasteiger partial charge in [-0.05, 0) is 42.3 Å². The lowest BCUT2D eigenvalue weighted by molar-refractivity contribution is -0.137. The fourth-order valence-corrected chi connectivity index (χ4v) is 2.59. The molecule has 0 saturated heterocycles. The molecule has 1 unspecified atom stereocenters. The van der Waals surface area contributed by atoms with Crippen molar-refractivity contribution in [2.75, 3.05) is 6.61 Å². The number of amides is 1. The first kappa shape index (κ1) is 21.3. The lowest BCUT2D eigenvalue weighted by Gasteiger charge is -2.18. The molecule has 3 aromatic rings. The highest BCUT2D eigenvalue weighted by atomic mass is 19.4. The van der Waals surface area contributed by atoms with Gasteiger partial charge in [0, 0.05) is 18.0 Å². The summed E-state index contributed by atoms with van der Waals surface area (Å²) in [5.41, 5.74) is -0.119. The summed E-state index contributed by atoms with van der Waals surface area (Å²) < 4.78 is 48.4. The summed E-state index contributed by atoms with van der Waals surface area (Å²) >= 11 is 0. The van der Waals surface area contributed by atoms with E-state index in [2.05, 4.69) is 20.4 Å². The van der Waals surface area contributed by atoms with Gasteiger partial charge in [0.15, 0.2) is 6.61 Å². The molecule has 0 spiro atoms. The summed E-state index contributed by atoms with van der Waals surface area (Å²) in [6.45, 7) is 3.36. The van der Waals surface area contributed by atoms with Gasteiger partial charge in [-0.3, -0.25) is 9.78 Å². The maximum atomic E-state index is 12.6. The van der Waals surface area contributed by atoms with Crippen LogP contribution in [0.5, 0.6) is 5.75 Å². The summed E-state index contributed by atoms with van der Waals surface area (Å²) in [5, 5.41) is 6.67. The number of nitrogens with zero attached hydrogens (tertiary/aromatic N) is 3. The van der Waals surface area contributed by atoms with Crippen LogP contribution in [0.3, 0.4) is 0 Å². The van der Waals surface area contributed by atoms with E-state index in [1.807, 2.05) is 13.8 Å². The van der Waals surface area contributed by atoms with Gasteiger partial charge in [-0.15, -0.1) is 0 Å². The Hall–Kier alpha value is -3.43. The van der Waals surface area contributed by atoms with Crippen molar-refractivity contribution in [2.24, 2.45) is 5.92 Å². The van der Waals surface area contributed by atoms with Crippen LogP contribution in [0.1, 0.15) is 31.3 Å². The molecule has 2 aromatic heterocycles. The molecule has 30 heavy (non-hydrogen) atoms. The van der Waals surface area contributed by atoms with E-state index >= 15 is 0 Å². The molecule has 0 bridgehead atoms. The van der Waals surface area contributed by atoms with E-state index in [4.69, 9.17) is 9.26 Å². The number of alkyl halides is 3. The molecule has 2 heterocycles. The number of hydrogen-bond donors (Lipinski definition) is 1. The summed E-state index contributed by atoms with van der Waals surface area (Å²) in [5.74, 6) is 0.179. The van der Waals surface area contributed by atoms with Gasteiger partial charge in [-0.2, -0.15) is 18.2 Å². The van der Waals surface area contributed by atoms with E-state index < -0.39 is 23.7 Å². The molecule has 0 saturated carbocycles. The number of carbonyl (C=O) groups excluding carboxylic acids is 1. The summed E-state index contributed by atoms with van der Waals surface area (Å²) in [4.78, 5) is 20.6. The highest BCUT2D eigenvalue weighted by Crippen LogP contribution is 2.30. The molecule has 0 aliphatic rings. The standard InChI is InChI=1S/C20H19F3N4O3/c1-12(2)17(19-26-18(27-30-19)13-4-3-9-24-10-13)25-16(28)11-29-15-7-5-14(6-8-15)20(21,22)23/h3-10,12,17H,11H2,1-2H3,(H,25,28). The van der Waals surface area contributed by atoms with Crippen molar-refractivity contribution in [3.63, 3.8) is 0 Å². The Bertz CT molecular complexity index is 973.